The van der Waals surface area contributed by atoms with Gasteiger partial charge in [0, 0.05) is 5.56 Å². The Labute approximate surface area is 176 Å². The van der Waals surface area contributed by atoms with Crippen molar-refractivity contribution in [2.75, 3.05) is 0 Å². The lowest BCUT2D eigenvalue weighted by atomic mass is 10.1. The number of benzene rings is 2. The number of rotatable bonds is 5. The molecule has 9 nitrogen and oxygen atoms in total. The number of hydrazine groups is 1. The van der Waals surface area contributed by atoms with E-state index in [1.165, 1.54) is 0 Å². The standard InChI is InChI=1S/C20H18ClN5O4/c1-12-18(26(29)30)13(2)25(24-12)11-14-7-9-15(10-8-14)19(27)22-23-20(28)16-5-3-4-6-17(16)21/h3-10H,11H2,1-2H3,(H,22,27)(H,23,28). The maximum absolute atomic E-state index is 12.3. The summed E-state index contributed by atoms with van der Waals surface area (Å²) >= 11 is 5.96. The van der Waals surface area contributed by atoms with E-state index in [9.17, 15) is 19.7 Å². The molecule has 3 aromatic rings. The molecule has 0 aliphatic heterocycles. The Balaban J connectivity index is 1.64. The fourth-order valence-corrected chi connectivity index (χ4v) is 3.16. The molecule has 0 spiro atoms. The molecule has 0 aliphatic carbocycles. The van der Waals surface area contributed by atoms with Crippen molar-refractivity contribution < 1.29 is 14.5 Å². The number of nitrogens with one attached hydrogen (secondary N) is 2. The summed E-state index contributed by atoms with van der Waals surface area (Å²) in [6.07, 6.45) is 0. The van der Waals surface area contributed by atoms with Crippen LogP contribution in [0.2, 0.25) is 5.02 Å². The van der Waals surface area contributed by atoms with Crippen LogP contribution in [0.3, 0.4) is 0 Å². The first kappa shape index (κ1) is 21.0. The van der Waals surface area contributed by atoms with Gasteiger partial charge in [-0.1, -0.05) is 35.9 Å². The monoisotopic (exact) mass is 427 g/mol. The minimum atomic E-state index is -0.531. The second kappa shape index (κ2) is 8.75. The van der Waals surface area contributed by atoms with Gasteiger partial charge in [0.05, 0.1) is 22.1 Å². The van der Waals surface area contributed by atoms with E-state index >= 15 is 0 Å². The van der Waals surface area contributed by atoms with Gasteiger partial charge in [-0.05, 0) is 43.7 Å². The van der Waals surface area contributed by atoms with Gasteiger partial charge in [0.25, 0.3) is 11.8 Å². The third-order valence-corrected chi connectivity index (χ3v) is 4.81. The molecule has 2 amide bonds. The fraction of sp³-hybridized carbons (Fsp3) is 0.150. The Morgan fingerprint density at radius 2 is 1.70 bits per heavy atom. The van der Waals surface area contributed by atoms with Crippen LogP contribution in [0.5, 0.6) is 0 Å². The molecule has 154 valence electrons. The van der Waals surface area contributed by atoms with Crippen molar-refractivity contribution >= 4 is 29.1 Å². The third-order valence-electron chi connectivity index (χ3n) is 4.48. The second-order valence-corrected chi connectivity index (χ2v) is 6.93. The molecule has 0 unspecified atom stereocenters. The van der Waals surface area contributed by atoms with Crippen molar-refractivity contribution in [2.24, 2.45) is 0 Å². The Morgan fingerprint density at radius 1 is 1.07 bits per heavy atom. The van der Waals surface area contributed by atoms with E-state index in [-0.39, 0.29) is 16.3 Å². The largest absolute Gasteiger partial charge is 0.312 e. The first-order valence-corrected chi connectivity index (χ1v) is 9.28. The van der Waals surface area contributed by atoms with E-state index in [1.807, 2.05) is 0 Å². The zero-order valence-corrected chi connectivity index (χ0v) is 16.9. The number of aromatic nitrogens is 2. The highest BCUT2D eigenvalue weighted by atomic mass is 35.5. The molecule has 0 bridgehead atoms. The van der Waals surface area contributed by atoms with Crippen molar-refractivity contribution in [3.63, 3.8) is 0 Å². The van der Waals surface area contributed by atoms with E-state index < -0.39 is 16.7 Å². The molecular formula is C20H18ClN5O4. The van der Waals surface area contributed by atoms with Crippen molar-refractivity contribution in [1.82, 2.24) is 20.6 Å². The van der Waals surface area contributed by atoms with Crippen LogP contribution in [0.15, 0.2) is 48.5 Å². The van der Waals surface area contributed by atoms with Crippen molar-refractivity contribution in [1.29, 1.82) is 0 Å². The zero-order chi connectivity index (χ0) is 21.8. The normalized spacial score (nSPS) is 10.5. The van der Waals surface area contributed by atoms with Gasteiger partial charge >= 0.3 is 5.69 Å². The number of carbonyl (C=O) groups is 2. The van der Waals surface area contributed by atoms with E-state index in [0.29, 0.717) is 23.5 Å². The topological polar surface area (TPSA) is 119 Å². The predicted molar refractivity (Wildman–Crippen MR) is 110 cm³/mol. The Bertz CT molecular complexity index is 1120. The van der Waals surface area contributed by atoms with Gasteiger partial charge in [0.15, 0.2) is 0 Å². The average Bonchev–Trinajstić information content (AvgIpc) is 2.99. The van der Waals surface area contributed by atoms with Crippen LogP contribution in [0.25, 0.3) is 0 Å². The summed E-state index contributed by atoms with van der Waals surface area (Å²) in [5.41, 5.74) is 6.85. The maximum Gasteiger partial charge on any atom is 0.312 e. The number of aryl methyl sites for hydroxylation is 1. The number of hydrogen-bond acceptors (Lipinski definition) is 5. The first-order chi connectivity index (χ1) is 14.3. The highest BCUT2D eigenvalue weighted by molar-refractivity contribution is 6.33. The molecule has 1 aromatic heterocycles. The maximum atomic E-state index is 12.3. The molecule has 0 saturated heterocycles. The lowest BCUT2D eigenvalue weighted by Gasteiger charge is -2.09. The number of amides is 2. The number of carbonyl (C=O) groups excluding carboxylic acids is 2. The van der Waals surface area contributed by atoms with Gasteiger partial charge in [0.2, 0.25) is 0 Å². The predicted octanol–water partition coefficient (Wildman–Crippen LogP) is 3.18. The average molecular weight is 428 g/mol. The van der Waals surface area contributed by atoms with E-state index in [4.69, 9.17) is 11.6 Å². The molecule has 2 N–H and O–H groups in total. The van der Waals surface area contributed by atoms with Crippen molar-refractivity contribution in [2.45, 2.75) is 20.4 Å². The molecule has 0 atom stereocenters. The molecule has 10 heteroatoms. The SMILES string of the molecule is Cc1nn(Cc2ccc(C(=O)NNC(=O)c3ccccc3Cl)cc2)c(C)c1[N+](=O)[O-]. The summed E-state index contributed by atoms with van der Waals surface area (Å²) in [6, 6.07) is 13.1. The van der Waals surface area contributed by atoms with E-state index in [1.54, 1.807) is 67.1 Å². The lowest BCUT2D eigenvalue weighted by molar-refractivity contribution is -0.386. The van der Waals surface area contributed by atoms with Gasteiger partial charge in [-0.3, -0.25) is 35.2 Å². The number of nitrogens with zero attached hydrogens (tertiary/aromatic N) is 3. The number of nitro groups is 1. The molecule has 3 rings (SSSR count). The Hall–Kier alpha value is -3.72. The summed E-state index contributed by atoms with van der Waals surface area (Å²) in [6.45, 7) is 3.55. The summed E-state index contributed by atoms with van der Waals surface area (Å²) in [4.78, 5) is 35.0. The highest BCUT2D eigenvalue weighted by Crippen LogP contribution is 2.22. The molecule has 0 radical (unpaired) electrons. The minimum Gasteiger partial charge on any atom is -0.267 e. The fourth-order valence-electron chi connectivity index (χ4n) is 2.94. The van der Waals surface area contributed by atoms with Crippen LogP contribution < -0.4 is 10.9 Å². The van der Waals surface area contributed by atoms with E-state index in [2.05, 4.69) is 16.0 Å². The quantitative estimate of drug-likeness (QED) is 0.478. The van der Waals surface area contributed by atoms with Crippen LogP contribution in [0, 0.1) is 24.0 Å². The van der Waals surface area contributed by atoms with Crippen LogP contribution >= 0.6 is 11.6 Å². The zero-order valence-electron chi connectivity index (χ0n) is 16.2. The summed E-state index contributed by atoms with van der Waals surface area (Å²) in [7, 11) is 0. The van der Waals surface area contributed by atoms with Gasteiger partial charge < -0.3 is 0 Å². The smallest absolute Gasteiger partial charge is 0.267 e. The van der Waals surface area contributed by atoms with Gasteiger partial charge in [-0.25, -0.2) is 0 Å². The van der Waals surface area contributed by atoms with Crippen LogP contribution in [-0.4, -0.2) is 26.5 Å². The molecule has 1 heterocycles. The van der Waals surface area contributed by atoms with Gasteiger partial charge in [0.1, 0.15) is 11.4 Å². The molecule has 0 aliphatic rings. The number of halogens is 1. The van der Waals surface area contributed by atoms with Crippen molar-refractivity contribution in [3.8, 4) is 0 Å². The molecule has 0 saturated carbocycles. The number of hydrogen-bond donors (Lipinski definition) is 2. The molecular weight excluding hydrogens is 410 g/mol. The van der Waals surface area contributed by atoms with Crippen LogP contribution in [0.4, 0.5) is 5.69 Å². The Morgan fingerprint density at radius 3 is 2.30 bits per heavy atom. The minimum absolute atomic E-state index is 0.000240. The first-order valence-electron chi connectivity index (χ1n) is 8.90. The second-order valence-electron chi connectivity index (χ2n) is 6.52. The van der Waals surface area contributed by atoms with Crippen molar-refractivity contribution in [3.05, 3.63) is 91.7 Å². The molecule has 2 aromatic carbocycles. The summed E-state index contributed by atoms with van der Waals surface area (Å²) in [5.74, 6) is -1.03. The van der Waals surface area contributed by atoms with Gasteiger partial charge in [-0.2, -0.15) is 5.10 Å². The summed E-state index contributed by atoms with van der Waals surface area (Å²) < 4.78 is 1.55. The molecule has 30 heavy (non-hydrogen) atoms. The summed E-state index contributed by atoms with van der Waals surface area (Å²) in [5, 5.41) is 15.6. The molecule has 0 fully saturated rings. The third kappa shape index (κ3) is 4.47. The Kier molecular flexibility index (Phi) is 6.12. The highest BCUT2D eigenvalue weighted by Gasteiger charge is 2.21. The van der Waals surface area contributed by atoms with Crippen LogP contribution in [0.1, 0.15) is 37.7 Å². The van der Waals surface area contributed by atoms with Gasteiger partial charge in [-0.15, -0.1) is 0 Å². The lowest BCUT2D eigenvalue weighted by Crippen LogP contribution is -2.41. The van der Waals surface area contributed by atoms with Crippen LogP contribution in [-0.2, 0) is 6.54 Å². The van der Waals surface area contributed by atoms with E-state index in [0.717, 1.165) is 5.56 Å².